The maximum Gasteiger partial charge on any atom is 0.410 e. The summed E-state index contributed by atoms with van der Waals surface area (Å²) in [5.41, 5.74) is 1.13. The molecular weight excluding hydrogens is 396 g/mol. The van der Waals surface area contributed by atoms with E-state index < -0.39 is 11.0 Å². The number of nitrogens with zero attached hydrogens (tertiary/aromatic N) is 4. The van der Waals surface area contributed by atoms with E-state index in [4.69, 9.17) is 9.47 Å². The molecule has 1 aromatic heterocycles. The van der Waals surface area contributed by atoms with Crippen molar-refractivity contribution in [2.75, 3.05) is 20.2 Å². The molecule has 164 valence electrons. The van der Waals surface area contributed by atoms with Crippen LogP contribution in [-0.4, -0.2) is 52.3 Å². The van der Waals surface area contributed by atoms with Crippen LogP contribution < -0.4 is 0 Å². The van der Waals surface area contributed by atoms with Crippen molar-refractivity contribution in [1.29, 1.82) is 5.26 Å². The van der Waals surface area contributed by atoms with E-state index >= 15 is 0 Å². The minimum atomic E-state index is -0.790. The van der Waals surface area contributed by atoms with Gasteiger partial charge in [-0.15, -0.1) is 0 Å². The van der Waals surface area contributed by atoms with Crippen molar-refractivity contribution in [3.63, 3.8) is 0 Å². The second-order valence-electron chi connectivity index (χ2n) is 9.46. The monoisotopic (exact) mass is 424 g/mol. The van der Waals surface area contributed by atoms with Crippen LogP contribution in [0.5, 0.6) is 0 Å². The Kier molecular flexibility index (Phi) is 5.38. The Labute approximate surface area is 181 Å². The number of hydrogen-bond acceptors (Lipinski definition) is 6. The van der Waals surface area contributed by atoms with Crippen LogP contribution in [0.4, 0.5) is 4.79 Å². The molecule has 2 atom stereocenters. The van der Waals surface area contributed by atoms with Gasteiger partial charge >= 0.3 is 12.1 Å². The highest BCUT2D eigenvalue weighted by atomic mass is 16.6. The summed E-state index contributed by atoms with van der Waals surface area (Å²) in [6.45, 7) is 5.08. The quantitative estimate of drug-likeness (QED) is 0.682. The van der Waals surface area contributed by atoms with Crippen LogP contribution in [0.1, 0.15) is 45.1 Å². The van der Waals surface area contributed by atoms with Crippen LogP contribution in [0.3, 0.4) is 0 Å². The van der Waals surface area contributed by atoms with Gasteiger partial charge < -0.3 is 18.9 Å². The number of ether oxygens (including phenoxy) is 2. The molecule has 4 rings (SSSR count). The molecule has 1 aliphatic heterocycles. The lowest BCUT2D eigenvalue weighted by atomic mass is 9.77. The topological polar surface area (TPSA) is 97.5 Å². The summed E-state index contributed by atoms with van der Waals surface area (Å²) in [6, 6.07) is 7.69. The van der Waals surface area contributed by atoms with E-state index in [9.17, 15) is 14.9 Å². The normalized spacial score (nSPS) is 23.7. The van der Waals surface area contributed by atoms with Gasteiger partial charge in [-0.2, -0.15) is 5.26 Å². The Morgan fingerprint density at radius 2 is 2.26 bits per heavy atom. The van der Waals surface area contributed by atoms with E-state index in [0.29, 0.717) is 18.0 Å². The first-order valence-corrected chi connectivity index (χ1v) is 10.7. The number of nitriles is 1. The number of carbonyl (C=O) groups is 2. The van der Waals surface area contributed by atoms with Crippen LogP contribution >= 0.6 is 0 Å². The molecule has 1 saturated carbocycles. The number of methoxy groups -OCH3 is 1. The van der Waals surface area contributed by atoms with Gasteiger partial charge in [-0.3, -0.25) is 4.79 Å². The number of imidazole rings is 1. The Balaban J connectivity index is 1.47. The highest BCUT2D eigenvalue weighted by Crippen LogP contribution is 2.41. The first-order valence-electron chi connectivity index (χ1n) is 10.7. The zero-order valence-electron chi connectivity index (χ0n) is 18.3. The van der Waals surface area contributed by atoms with Crippen LogP contribution in [0.15, 0.2) is 24.5 Å². The summed E-state index contributed by atoms with van der Waals surface area (Å²) in [4.78, 5) is 30.8. The molecule has 2 fully saturated rings. The van der Waals surface area contributed by atoms with Gasteiger partial charge in [0.15, 0.2) is 0 Å². The predicted molar refractivity (Wildman–Crippen MR) is 113 cm³/mol. The van der Waals surface area contributed by atoms with Crippen LogP contribution in [0.25, 0.3) is 11.0 Å². The van der Waals surface area contributed by atoms with Gasteiger partial charge in [-0.25, -0.2) is 9.78 Å². The van der Waals surface area contributed by atoms with Gasteiger partial charge in [0.25, 0.3) is 0 Å². The van der Waals surface area contributed by atoms with Crippen molar-refractivity contribution in [2.45, 2.75) is 51.7 Å². The lowest BCUT2D eigenvalue weighted by Crippen LogP contribution is -2.43. The van der Waals surface area contributed by atoms with Crippen LogP contribution in [-0.2, 0) is 20.8 Å². The maximum atomic E-state index is 12.6. The predicted octanol–water partition coefficient (Wildman–Crippen LogP) is 3.49. The molecule has 8 heteroatoms. The number of fused-ring (bicyclic) bond motifs is 1. The summed E-state index contributed by atoms with van der Waals surface area (Å²) < 4.78 is 12.9. The van der Waals surface area contributed by atoms with Gasteiger partial charge in [0.05, 0.1) is 48.1 Å². The van der Waals surface area contributed by atoms with Crippen molar-refractivity contribution in [3.8, 4) is 6.07 Å². The van der Waals surface area contributed by atoms with Gasteiger partial charge in [0.2, 0.25) is 0 Å². The Hall–Kier alpha value is -3.08. The van der Waals surface area contributed by atoms with E-state index in [0.717, 1.165) is 43.3 Å². The summed E-state index contributed by atoms with van der Waals surface area (Å²) in [5, 5.41) is 9.20. The molecule has 2 heterocycles. The molecular formula is C23H28N4O4. The molecule has 1 aliphatic carbocycles. The zero-order valence-corrected chi connectivity index (χ0v) is 18.3. The standard InChI is InChI=1S/C23H28N4O4/c1-22(2,20(28)30-3)13-27-14-23(31-21(27)29)8-4-5-17(10-23)12-26-15-25-18-7-6-16(11-24)9-19(18)26/h6-7,9,15,17H,4-5,8,10,12-14H2,1-3H3/t17?,23-/m0/s1. The van der Waals surface area contributed by atoms with E-state index in [1.165, 1.54) is 7.11 Å². The first kappa shape index (κ1) is 21.2. The molecule has 0 N–H and O–H groups in total. The van der Waals surface area contributed by atoms with E-state index in [-0.39, 0.29) is 18.6 Å². The van der Waals surface area contributed by atoms with Crippen molar-refractivity contribution in [3.05, 3.63) is 30.1 Å². The molecule has 1 saturated heterocycles. The lowest BCUT2D eigenvalue weighted by Gasteiger charge is -2.36. The molecule has 0 radical (unpaired) electrons. The fourth-order valence-electron chi connectivity index (χ4n) is 5.02. The van der Waals surface area contributed by atoms with Crippen molar-refractivity contribution in [2.24, 2.45) is 11.3 Å². The number of rotatable bonds is 5. The highest BCUT2D eigenvalue weighted by Gasteiger charge is 2.49. The third-order valence-corrected chi connectivity index (χ3v) is 6.48. The molecule has 1 spiro atoms. The second kappa shape index (κ2) is 7.88. The molecule has 1 amide bonds. The van der Waals surface area contributed by atoms with Crippen molar-refractivity contribution in [1.82, 2.24) is 14.5 Å². The Bertz CT molecular complexity index is 1050. The smallest absolute Gasteiger partial charge is 0.410 e. The molecule has 1 unspecified atom stereocenters. The highest BCUT2D eigenvalue weighted by molar-refractivity contribution is 5.78. The van der Waals surface area contributed by atoms with Gasteiger partial charge in [-0.05, 0) is 63.6 Å². The number of amides is 1. The average Bonchev–Trinajstić information content (AvgIpc) is 3.26. The van der Waals surface area contributed by atoms with E-state index in [2.05, 4.69) is 15.6 Å². The minimum Gasteiger partial charge on any atom is -0.469 e. The molecule has 0 bridgehead atoms. The van der Waals surface area contributed by atoms with Gasteiger partial charge in [-0.1, -0.05) is 0 Å². The number of hydrogen-bond donors (Lipinski definition) is 0. The van der Waals surface area contributed by atoms with E-state index in [1.54, 1.807) is 24.8 Å². The first-order chi connectivity index (χ1) is 14.7. The number of aromatic nitrogens is 2. The Morgan fingerprint density at radius 3 is 3.00 bits per heavy atom. The summed E-state index contributed by atoms with van der Waals surface area (Å²) >= 11 is 0. The molecule has 2 aromatic rings. The molecule has 31 heavy (non-hydrogen) atoms. The fraction of sp³-hybridized carbons (Fsp3) is 0.565. The van der Waals surface area contributed by atoms with Gasteiger partial charge in [0, 0.05) is 13.1 Å². The summed E-state index contributed by atoms with van der Waals surface area (Å²) in [7, 11) is 1.36. The Morgan fingerprint density at radius 1 is 1.45 bits per heavy atom. The van der Waals surface area contributed by atoms with Crippen LogP contribution in [0, 0.1) is 22.7 Å². The number of benzene rings is 1. The third kappa shape index (κ3) is 4.09. The van der Waals surface area contributed by atoms with Crippen molar-refractivity contribution >= 4 is 23.1 Å². The molecule has 8 nitrogen and oxygen atoms in total. The number of carbonyl (C=O) groups excluding carboxylic acids is 2. The summed E-state index contributed by atoms with van der Waals surface area (Å²) in [5.74, 6) is -0.00949. The minimum absolute atomic E-state index is 0.272. The largest absolute Gasteiger partial charge is 0.469 e. The number of esters is 1. The average molecular weight is 425 g/mol. The molecule has 2 aliphatic rings. The van der Waals surface area contributed by atoms with Crippen molar-refractivity contribution < 1.29 is 19.1 Å². The molecule has 1 aromatic carbocycles. The zero-order chi connectivity index (χ0) is 22.2. The fourth-order valence-corrected chi connectivity index (χ4v) is 5.02. The second-order valence-corrected chi connectivity index (χ2v) is 9.46. The summed E-state index contributed by atoms with van der Waals surface area (Å²) in [6.07, 6.45) is 5.08. The van der Waals surface area contributed by atoms with Gasteiger partial charge in [0.1, 0.15) is 5.60 Å². The van der Waals surface area contributed by atoms with E-state index in [1.807, 2.05) is 18.5 Å². The SMILES string of the molecule is COC(=O)C(C)(C)CN1C[C@@]2(CCCC(Cn3cnc4ccc(C#N)cc43)C2)OC1=O. The third-order valence-electron chi connectivity index (χ3n) is 6.48. The lowest BCUT2D eigenvalue weighted by molar-refractivity contribution is -0.151. The van der Waals surface area contributed by atoms with Crippen LogP contribution in [0.2, 0.25) is 0 Å². The maximum absolute atomic E-state index is 12.6.